The van der Waals surface area contributed by atoms with Crippen LogP contribution in [0.3, 0.4) is 0 Å². The smallest absolute Gasteiger partial charge is 0.339 e. The Morgan fingerprint density at radius 1 is 1.50 bits per heavy atom. The first-order valence-corrected chi connectivity index (χ1v) is 2.86. The molecule has 0 radical (unpaired) electrons. The van der Waals surface area contributed by atoms with Gasteiger partial charge < -0.3 is 4.74 Å². The molecule has 0 amide bonds. The van der Waals surface area contributed by atoms with E-state index in [1.807, 2.05) is 0 Å². The second-order valence-corrected chi connectivity index (χ2v) is 3.28. The molecule has 0 aliphatic carbocycles. The lowest BCUT2D eigenvalue weighted by Crippen LogP contribution is -2.11. The molecular weight excluding hydrogens is 172 g/mol. The molecule has 0 aliphatic rings. The zero-order valence-electron chi connectivity index (χ0n) is 4.04. The van der Waals surface area contributed by atoms with Crippen LogP contribution in [0, 0.1) is 5.41 Å². The van der Waals surface area contributed by atoms with Crippen molar-refractivity contribution in [3.8, 4) is 0 Å². The van der Waals surface area contributed by atoms with Crippen LogP contribution in [-0.2, 0) is 4.74 Å². The molecule has 0 unspecified atom stereocenters. The van der Waals surface area contributed by atoms with Gasteiger partial charge in [-0.15, -0.1) is 0 Å². The molecule has 48 valence electrons. The number of alkyl halides is 3. The van der Waals surface area contributed by atoms with Crippen LogP contribution in [0.25, 0.3) is 0 Å². The molecule has 1 N–H and O–H groups in total. The Labute approximate surface area is 62.2 Å². The number of ether oxygens (including phenoxy) is 1. The summed E-state index contributed by atoms with van der Waals surface area (Å²) in [6.07, 6.45) is 0. The van der Waals surface area contributed by atoms with Crippen LogP contribution < -0.4 is 0 Å². The molecule has 0 atom stereocenters. The largest absolute Gasteiger partial charge is 0.433 e. The van der Waals surface area contributed by atoms with Gasteiger partial charge in [0.15, 0.2) is 5.90 Å². The van der Waals surface area contributed by atoms with E-state index in [0.717, 1.165) is 0 Å². The normalized spacial score (nSPS) is 11.0. The highest BCUT2D eigenvalue weighted by Gasteiger charge is 2.21. The van der Waals surface area contributed by atoms with Gasteiger partial charge in [0.1, 0.15) is 0 Å². The van der Waals surface area contributed by atoms with Crippen LogP contribution in [0.4, 0.5) is 0 Å². The van der Waals surface area contributed by atoms with Crippen molar-refractivity contribution in [1.29, 1.82) is 5.41 Å². The zero-order valence-corrected chi connectivity index (χ0v) is 6.31. The van der Waals surface area contributed by atoms with E-state index < -0.39 is 3.98 Å². The maximum absolute atomic E-state index is 6.67. The zero-order chi connectivity index (χ0) is 6.78. The number of hydrogen-bond acceptors (Lipinski definition) is 2. The van der Waals surface area contributed by atoms with E-state index in [1.54, 1.807) is 0 Å². The predicted octanol–water partition coefficient (Wildman–Crippen LogP) is 2.33. The van der Waals surface area contributed by atoms with Gasteiger partial charge in [-0.2, -0.15) is 0 Å². The van der Waals surface area contributed by atoms with Crippen LogP contribution in [0.15, 0.2) is 0 Å². The van der Waals surface area contributed by atoms with Crippen molar-refractivity contribution in [1.82, 2.24) is 0 Å². The summed E-state index contributed by atoms with van der Waals surface area (Å²) in [5.41, 5.74) is 0. The number of halogens is 3. The molecule has 2 nitrogen and oxygen atoms in total. The van der Waals surface area contributed by atoms with E-state index in [9.17, 15) is 0 Å². The standard InChI is InChI=1S/C3H4Cl3NO/c1-2(7)8-3(4,5)6/h7H,1H3. The Morgan fingerprint density at radius 2 is 1.88 bits per heavy atom. The number of rotatable bonds is 0. The Kier molecular flexibility index (Phi) is 2.88. The summed E-state index contributed by atoms with van der Waals surface area (Å²) >= 11 is 15.3. The molecule has 0 saturated carbocycles. The van der Waals surface area contributed by atoms with Gasteiger partial charge >= 0.3 is 3.98 Å². The first-order chi connectivity index (χ1) is 3.42. The minimum absolute atomic E-state index is 0.120. The van der Waals surface area contributed by atoms with Crippen molar-refractivity contribution >= 4 is 40.7 Å². The lowest BCUT2D eigenvalue weighted by atomic mass is 10.8. The lowest BCUT2D eigenvalue weighted by molar-refractivity contribution is 0.301. The predicted molar refractivity (Wildman–Crippen MR) is 34.8 cm³/mol. The summed E-state index contributed by atoms with van der Waals surface area (Å²) in [6, 6.07) is 0. The minimum Gasteiger partial charge on any atom is -0.433 e. The average Bonchev–Trinajstić information content (AvgIpc) is 1.21. The quantitative estimate of drug-likeness (QED) is 0.343. The SMILES string of the molecule is CC(=N)OC(Cl)(Cl)Cl. The van der Waals surface area contributed by atoms with E-state index >= 15 is 0 Å². The summed E-state index contributed by atoms with van der Waals surface area (Å²) in [7, 11) is 0. The van der Waals surface area contributed by atoms with Gasteiger partial charge in [0.2, 0.25) is 0 Å². The van der Waals surface area contributed by atoms with Crippen molar-refractivity contribution in [3.05, 3.63) is 0 Å². The van der Waals surface area contributed by atoms with Gasteiger partial charge in [-0.3, -0.25) is 5.41 Å². The Morgan fingerprint density at radius 3 is 1.88 bits per heavy atom. The fourth-order valence-corrected chi connectivity index (χ4v) is 0.521. The molecule has 0 aliphatic heterocycles. The molecule has 0 bridgehead atoms. The Hall–Kier alpha value is 0.340. The highest BCUT2D eigenvalue weighted by Crippen LogP contribution is 2.27. The molecule has 0 aromatic heterocycles. The second kappa shape index (κ2) is 2.76. The van der Waals surface area contributed by atoms with Gasteiger partial charge in [-0.25, -0.2) is 0 Å². The van der Waals surface area contributed by atoms with Gasteiger partial charge in [0.05, 0.1) is 0 Å². The van der Waals surface area contributed by atoms with Gasteiger partial charge in [0, 0.05) is 6.92 Å². The molecular formula is C3H4Cl3NO. The van der Waals surface area contributed by atoms with Gasteiger partial charge in [-0.1, -0.05) is 0 Å². The summed E-state index contributed by atoms with van der Waals surface area (Å²) in [5.74, 6) is -0.120. The molecule has 0 rings (SSSR count). The van der Waals surface area contributed by atoms with Crippen LogP contribution in [0.1, 0.15) is 6.92 Å². The minimum atomic E-state index is -1.79. The van der Waals surface area contributed by atoms with Crippen LogP contribution in [-0.4, -0.2) is 9.88 Å². The molecule has 0 saturated heterocycles. The maximum atomic E-state index is 6.67. The van der Waals surface area contributed by atoms with Gasteiger partial charge in [-0.05, 0) is 34.8 Å². The Bertz CT molecular complexity index is 97.2. The molecule has 0 aromatic carbocycles. The van der Waals surface area contributed by atoms with E-state index in [1.165, 1.54) is 6.92 Å². The van der Waals surface area contributed by atoms with E-state index in [-0.39, 0.29) is 5.90 Å². The van der Waals surface area contributed by atoms with Gasteiger partial charge in [0.25, 0.3) is 0 Å². The third-order valence-corrected chi connectivity index (χ3v) is 0.500. The summed E-state index contributed by atoms with van der Waals surface area (Å²) in [5, 5.41) is 6.67. The third-order valence-electron chi connectivity index (χ3n) is 0.269. The first kappa shape index (κ1) is 8.34. The summed E-state index contributed by atoms with van der Waals surface area (Å²) < 4.78 is 2.53. The molecule has 0 fully saturated rings. The molecule has 0 spiro atoms. The molecule has 8 heavy (non-hydrogen) atoms. The first-order valence-electron chi connectivity index (χ1n) is 1.73. The van der Waals surface area contributed by atoms with Crippen LogP contribution in [0.2, 0.25) is 0 Å². The second-order valence-electron chi connectivity index (χ2n) is 1.10. The highest BCUT2D eigenvalue weighted by atomic mass is 35.6. The van der Waals surface area contributed by atoms with Crippen molar-refractivity contribution in [2.75, 3.05) is 0 Å². The lowest BCUT2D eigenvalue weighted by Gasteiger charge is -2.10. The third kappa shape index (κ3) is 6.34. The van der Waals surface area contributed by atoms with E-state index in [2.05, 4.69) is 4.74 Å². The summed E-state index contributed by atoms with van der Waals surface area (Å²) in [4.78, 5) is 0. The summed E-state index contributed by atoms with van der Waals surface area (Å²) in [6.45, 7) is 1.38. The Balaban J connectivity index is 3.55. The van der Waals surface area contributed by atoms with E-state index in [4.69, 9.17) is 40.2 Å². The molecule has 5 heteroatoms. The number of nitrogens with one attached hydrogen (secondary N) is 1. The van der Waals surface area contributed by atoms with Crippen LogP contribution in [0.5, 0.6) is 0 Å². The monoisotopic (exact) mass is 175 g/mol. The van der Waals surface area contributed by atoms with Crippen molar-refractivity contribution in [3.63, 3.8) is 0 Å². The fraction of sp³-hybridized carbons (Fsp3) is 0.667. The molecule has 0 heterocycles. The highest BCUT2D eigenvalue weighted by molar-refractivity contribution is 6.66. The fourth-order valence-electron chi connectivity index (χ4n) is 0.174. The van der Waals surface area contributed by atoms with E-state index in [0.29, 0.717) is 0 Å². The van der Waals surface area contributed by atoms with Crippen molar-refractivity contribution in [2.24, 2.45) is 0 Å². The number of hydrogen-bond donors (Lipinski definition) is 1. The van der Waals surface area contributed by atoms with Crippen LogP contribution >= 0.6 is 34.8 Å². The average molecular weight is 176 g/mol. The maximum Gasteiger partial charge on any atom is 0.339 e. The van der Waals surface area contributed by atoms with Crippen molar-refractivity contribution in [2.45, 2.75) is 10.9 Å². The van der Waals surface area contributed by atoms with Crippen molar-refractivity contribution < 1.29 is 4.74 Å². The molecule has 0 aromatic rings. The topological polar surface area (TPSA) is 33.1 Å².